The maximum Gasteiger partial charge on any atom is 0.140 e. The molecule has 1 aromatic rings. The molecule has 0 unspecified atom stereocenters. The minimum absolute atomic E-state index is 0. The smallest absolute Gasteiger partial charge is 0.140 e. The first-order valence-electron chi connectivity index (χ1n) is 4.20. The second-order valence-corrected chi connectivity index (χ2v) is 4.24. The summed E-state index contributed by atoms with van der Waals surface area (Å²) in [6.45, 7) is 0.472. The molecule has 15 heavy (non-hydrogen) atoms. The Morgan fingerprint density at radius 1 is 1.47 bits per heavy atom. The molecule has 0 aliphatic carbocycles. The first-order valence-corrected chi connectivity index (χ1v) is 5.37. The minimum atomic E-state index is -0.298. The maximum absolute atomic E-state index is 9.69. The molecule has 0 bridgehead atoms. The number of hydrogen-bond acceptors (Lipinski definition) is 3. The van der Waals surface area contributed by atoms with Crippen LogP contribution in [-0.4, -0.2) is 11.7 Å². The summed E-state index contributed by atoms with van der Waals surface area (Å²) < 4.78 is 0.750. The van der Waals surface area contributed by atoms with Gasteiger partial charge in [-0.15, -0.1) is 12.4 Å². The van der Waals surface area contributed by atoms with E-state index in [0.717, 1.165) is 4.47 Å². The standard InChI is InChI=1S/C9H12BrClN2O.ClH/c10-5-1-2-6(11)9(14)8(5)7(13)3-4-12;/h1-2,7,14H,3-4,12-13H2;1H/t7-;/m0./s1. The van der Waals surface area contributed by atoms with Gasteiger partial charge in [0.25, 0.3) is 0 Å². The first-order chi connectivity index (χ1) is 6.57. The van der Waals surface area contributed by atoms with Crippen LogP contribution in [-0.2, 0) is 0 Å². The van der Waals surface area contributed by atoms with Gasteiger partial charge < -0.3 is 16.6 Å². The highest BCUT2D eigenvalue weighted by Gasteiger charge is 2.16. The third kappa shape index (κ3) is 3.50. The fourth-order valence-corrected chi connectivity index (χ4v) is 2.01. The Kier molecular flexibility index (Phi) is 6.55. The molecule has 1 atom stereocenters. The van der Waals surface area contributed by atoms with Crippen LogP contribution in [0.1, 0.15) is 18.0 Å². The van der Waals surface area contributed by atoms with Gasteiger partial charge in [0.1, 0.15) is 5.75 Å². The van der Waals surface area contributed by atoms with Gasteiger partial charge in [0.2, 0.25) is 0 Å². The van der Waals surface area contributed by atoms with Gasteiger partial charge in [-0.3, -0.25) is 0 Å². The van der Waals surface area contributed by atoms with Crippen LogP contribution in [0.4, 0.5) is 0 Å². The van der Waals surface area contributed by atoms with Crippen LogP contribution in [0.3, 0.4) is 0 Å². The zero-order valence-corrected chi connectivity index (χ0v) is 11.1. The van der Waals surface area contributed by atoms with E-state index in [1.54, 1.807) is 12.1 Å². The lowest BCUT2D eigenvalue weighted by Crippen LogP contribution is -2.16. The van der Waals surface area contributed by atoms with Gasteiger partial charge in [0.05, 0.1) is 5.02 Å². The monoisotopic (exact) mass is 314 g/mol. The van der Waals surface area contributed by atoms with E-state index in [1.165, 1.54) is 0 Å². The second kappa shape index (κ2) is 6.55. The fraction of sp³-hybridized carbons (Fsp3) is 0.333. The van der Waals surface area contributed by atoms with E-state index < -0.39 is 0 Å². The molecule has 0 fully saturated rings. The average molecular weight is 316 g/mol. The molecule has 5 N–H and O–H groups in total. The predicted octanol–water partition coefficient (Wildman–Crippen LogP) is 2.58. The molecule has 1 rings (SSSR count). The number of phenols is 1. The van der Waals surface area contributed by atoms with E-state index in [9.17, 15) is 5.11 Å². The van der Waals surface area contributed by atoms with Crippen molar-refractivity contribution < 1.29 is 5.11 Å². The van der Waals surface area contributed by atoms with Crippen LogP contribution in [0, 0.1) is 0 Å². The molecular formula is C9H13BrCl2N2O. The van der Waals surface area contributed by atoms with Gasteiger partial charge in [0.15, 0.2) is 0 Å². The number of benzene rings is 1. The topological polar surface area (TPSA) is 72.3 Å². The van der Waals surface area contributed by atoms with Crippen molar-refractivity contribution in [2.75, 3.05) is 6.54 Å². The van der Waals surface area contributed by atoms with Gasteiger partial charge in [-0.2, -0.15) is 0 Å². The van der Waals surface area contributed by atoms with Crippen molar-refractivity contribution in [1.82, 2.24) is 0 Å². The van der Waals surface area contributed by atoms with Crippen LogP contribution in [0.25, 0.3) is 0 Å². The summed E-state index contributed by atoms with van der Waals surface area (Å²) in [7, 11) is 0. The van der Waals surface area contributed by atoms with Crippen LogP contribution < -0.4 is 11.5 Å². The van der Waals surface area contributed by atoms with Crippen molar-refractivity contribution in [1.29, 1.82) is 0 Å². The van der Waals surface area contributed by atoms with Crippen molar-refractivity contribution in [2.45, 2.75) is 12.5 Å². The van der Waals surface area contributed by atoms with E-state index in [2.05, 4.69) is 15.9 Å². The van der Waals surface area contributed by atoms with Crippen molar-refractivity contribution >= 4 is 39.9 Å². The molecule has 0 aliphatic rings. The SMILES string of the molecule is Cl.NCC[C@H](N)c1c(Br)ccc(Cl)c1O. The molecule has 6 heteroatoms. The van der Waals surface area contributed by atoms with Gasteiger partial charge >= 0.3 is 0 Å². The number of hydrogen-bond donors (Lipinski definition) is 3. The third-order valence-electron chi connectivity index (χ3n) is 1.96. The summed E-state index contributed by atoms with van der Waals surface area (Å²) in [6, 6.07) is 3.07. The lowest BCUT2D eigenvalue weighted by atomic mass is 10.0. The van der Waals surface area contributed by atoms with E-state index in [4.69, 9.17) is 23.1 Å². The summed E-state index contributed by atoms with van der Waals surface area (Å²) in [5.41, 5.74) is 11.9. The Balaban J connectivity index is 0.00000196. The van der Waals surface area contributed by atoms with Crippen LogP contribution in [0.15, 0.2) is 16.6 Å². The highest BCUT2D eigenvalue weighted by atomic mass is 79.9. The molecule has 0 spiro atoms. The maximum atomic E-state index is 9.69. The van der Waals surface area contributed by atoms with Crippen LogP contribution >= 0.6 is 39.9 Å². The number of nitrogens with two attached hydrogens (primary N) is 2. The highest BCUT2D eigenvalue weighted by molar-refractivity contribution is 9.10. The molecule has 0 heterocycles. The zero-order valence-electron chi connectivity index (χ0n) is 7.91. The normalized spacial score (nSPS) is 12.0. The number of rotatable bonds is 3. The van der Waals surface area contributed by atoms with Crippen molar-refractivity contribution in [3.63, 3.8) is 0 Å². The van der Waals surface area contributed by atoms with Crippen molar-refractivity contribution in [2.24, 2.45) is 11.5 Å². The Morgan fingerprint density at radius 2 is 2.07 bits per heavy atom. The highest BCUT2D eigenvalue weighted by Crippen LogP contribution is 2.37. The van der Waals surface area contributed by atoms with Crippen molar-refractivity contribution in [3.05, 3.63) is 27.2 Å². The molecule has 0 aliphatic heterocycles. The first kappa shape index (κ1) is 15.0. The Bertz CT molecular complexity index is 336. The Labute approximate surface area is 108 Å². The molecule has 1 aromatic carbocycles. The predicted molar refractivity (Wildman–Crippen MR) is 68.7 cm³/mol. The summed E-state index contributed by atoms with van der Waals surface area (Å²) in [5, 5.41) is 9.99. The molecule has 0 saturated carbocycles. The molecule has 0 aromatic heterocycles. The van der Waals surface area contributed by atoms with Gasteiger partial charge in [-0.05, 0) is 25.1 Å². The summed E-state index contributed by atoms with van der Waals surface area (Å²) in [6.07, 6.45) is 0.604. The van der Waals surface area contributed by atoms with Gasteiger partial charge in [-0.25, -0.2) is 0 Å². The Morgan fingerprint density at radius 3 is 2.60 bits per heavy atom. The van der Waals surface area contributed by atoms with Crippen LogP contribution in [0.2, 0.25) is 5.02 Å². The molecule has 86 valence electrons. The largest absolute Gasteiger partial charge is 0.506 e. The quantitative estimate of drug-likeness (QED) is 0.802. The molecular weight excluding hydrogens is 303 g/mol. The van der Waals surface area contributed by atoms with E-state index in [1.807, 2.05) is 0 Å². The fourth-order valence-electron chi connectivity index (χ4n) is 1.23. The summed E-state index contributed by atoms with van der Waals surface area (Å²) >= 11 is 9.08. The van der Waals surface area contributed by atoms with E-state index in [-0.39, 0.29) is 24.2 Å². The molecule has 0 amide bonds. The third-order valence-corrected chi connectivity index (χ3v) is 2.96. The van der Waals surface area contributed by atoms with E-state index in [0.29, 0.717) is 23.6 Å². The van der Waals surface area contributed by atoms with Gasteiger partial charge in [0, 0.05) is 16.1 Å². The Hall–Kier alpha value is -0.000000000000000111. The lowest BCUT2D eigenvalue weighted by molar-refractivity contribution is 0.458. The number of phenolic OH excluding ortho intramolecular Hbond substituents is 1. The van der Waals surface area contributed by atoms with Gasteiger partial charge in [-0.1, -0.05) is 27.5 Å². The summed E-state index contributed by atoms with van der Waals surface area (Å²) in [5.74, 6) is 0.0296. The van der Waals surface area contributed by atoms with Crippen LogP contribution in [0.5, 0.6) is 5.75 Å². The minimum Gasteiger partial charge on any atom is -0.506 e. The van der Waals surface area contributed by atoms with Crippen molar-refractivity contribution in [3.8, 4) is 5.75 Å². The molecule has 0 radical (unpaired) electrons. The second-order valence-electron chi connectivity index (χ2n) is 2.98. The zero-order chi connectivity index (χ0) is 10.7. The van der Waals surface area contributed by atoms with E-state index >= 15 is 0 Å². The number of halogens is 3. The number of aromatic hydroxyl groups is 1. The molecule has 3 nitrogen and oxygen atoms in total. The summed E-state index contributed by atoms with van der Waals surface area (Å²) in [4.78, 5) is 0. The average Bonchev–Trinajstić information content (AvgIpc) is 2.13. The lowest BCUT2D eigenvalue weighted by Gasteiger charge is -2.15. The molecule has 0 saturated heterocycles.